The third kappa shape index (κ3) is 1.93. The van der Waals surface area contributed by atoms with Gasteiger partial charge in [-0.2, -0.15) is 0 Å². The first-order valence-corrected chi connectivity index (χ1v) is 5.96. The van der Waals surface area contributed by atoms with E-state index in [2.05, 4.69) is 5.32 Å². The van der Waals surface area contributed by atoms with Gasteiger partial charge in [0.25, 0.3) is 0 Å². The van der Waals surface area contributed by atoms with E-state index in [-0.39, 0.29) is 5.82 Å². The number of carbonyl (C=O) groups is 2. The minimum Gasteiger partial charge on any atom is -0.295 e. The normalized spacial score (nSPS) is 24.7. The van der Waals surface area contributed by atoms with Crippen LogP contribution in [0.2, 0.25) is 0 Å². The highest BCUT2D eigenvalue weighted by molar-refractivity contribution is 14.1. The molecule has 1 saturated heterocycles. The number of hydrogen-bond acceptors (Lipinski definition) is 2. The van der Waals surface area contributed by atoms with Gasteiger partial charge in [0, 0.05) is 3.57 Å². The van der Waals surface area contributed by atoms with Crippen molar-refractivity contribution in [3.8, 4) is 0 Å². The van der Waals surface area contributed by atoms with Crippen molar-refractivity contribution >= 4 is 46.0 Å². The smallest absolute Gasteiger partial charge is 0.245 e. The second-order valence-corrected chi connectivity index (χ2v) is 5.03. The van der Waals surface area contributed by atoms with Crippen LogP contribution in [0.4, 0.5) is 4.39 Å². The summed E-state index contributed by atoms with van der Waals surface area (Å²) in [5.41, 5.74) is 0.574. The molecule has 0 saturated carbocycles. The highest BCUT2D eigenvalue weighted by Crippen LogP contribution is 2.32. The first-order valence-electron chi connectivity index (χ1n) is 4.44. The van der Waals surface area contributed by atoms with E-state index in [1.54, 1.807) is 0 Å². The number of halogens is 3. The highest BCUT2D eigenvalue weighted by atomic mass is 127. The molecule has 0 spiro atoms. The molecule has 2 atom stereocenters. The molecule has 1 heterocycles. The van der Waals surface area contributed by atoms with Crippen molar-refractivity contribution in [1.82, 2.24) is 5.32 Å². The Morgan fingerprint density at radius 1 is 1.31 bits per heavy atom. The lowest BCUT2D eigenvalue weighted by Gasteiger charge is -2.11. The van der Waals surface area contributed by atoms with E-state index in [4.69, 9.17) is 11.6 Å². The predicted molar refractivity (Wildman–Crippen MR) is 64.6 cm³/mol. The van der Waals surface area contributed by atoms with Crippen molar-refractivity contribution < 1.29 is 14.0 Å². The molecule has 0 radical (unpaired) electrons. The fourth-order valence-electron chi connectivity index (χ4n) is 1.61. The number of nitrogens with one attached hydrogen (secondary N) is 1. The summed E-state index contributed by atoms with van der Waals surface area (Å²) in [5, 5.41) is 1.23. The van der Waals surface area contributed by atoms with Gasteiger partial charge in [0.05, 0.1) is 5.92 Å². The third-order valence-electron chi connectivity index (χ3n) is 2.37. The molecule has 1 aliphatic rings. The van der Waals surface area contributed by atoms with Crippen LogP contribution in [0.5, 0.6) is 0 Å². The fraction of sp³-hybridized carbons (Fsp3) is 0.200. The highest BCUT2D eigenvalue weighted by Gasteiger charge is 2.42. The van der Waals surface area contributed by atoms with Crippen LogP contribution in [0.1, 0.15) is 11.5 Å². The first kappa shape index (κ1) is 11.8. The molecule has 84 valence electrons. The van der Waals surface area contributed by atoms with Gasteiger partial charge in [0.1, 0.15) is 11.2 Å². The van der Waals surface area contributed by atoms with Gasteiger partial charge in [-0.3, -0.25) is 14.9 Å². The average molecular weight is 354 g/mol. The number of alkyl halides is 1. The van der Waals surface area contributed by atoms with Crippen LogP contribution >= 0.6 is 34.2 Å². The molecule has 0 aromatic heterocycles. The van der Waals surface area contributed by atoms with Gasteiger partial charge >= 0.3 is 0 Å². The van der Waals surface area contributed by atoms with E-state index in [1.807, 2.05) is 22.6 Å². The summed E-state index contributed by atoms with van der Waals surface area (Å²) in [7, 11) is 0. The van der Waals surface area contributed by atoms with Gasteiger partial charge in [-0.05, 0) is 40.3 Å². The Bertz CT molecular complexity index is 480. The van der Waals surface area contributed by atoms with Crippen molar-refractivity contribution in [3.63, 3.8) is 0 Å². The summed E-state index contributed by atoms with van der Waals surface area (Å²) < 4.78 is 13.5. The zero-order chi connectivity index (χ0) is 11.9. The lowest BCUT2D eigenvalue weighted by Crippen LogP contribution is -2.22. The van der Waals surface area contributed by atoms with Crippen molar-refractivity contribution in [2.24, 2.45) is 0 Å². The number of hydrogen-bond donors (Lipinski definition) is 1. The quantitative estimate of drug-likeness (QED) is 0.475. The Labute approximate surface area is 109 Å². The van der Waals surface area contributed by atoms with Crippen molar-refractivity contribution in [2.75, 3.05) is 0 Å². The Morgan fingerprint density at radius 2 is 2.00 bits per heavy atom. The Balaban J connectivity index is 2.44. The summed E-state index contributed by atoms with van der Waals surface area (Å²) in [6.45, 7) is 0. The minimum atomic E-state index is -0.925. The van der Waals surface area contributed by atoms with Gasteiger partial charge in [-0.15, -0.1) is 11.6 Å². The number of imide groups is 1. The molecule has 16 heavy (non-hydrogen) atoms. The van der Waals surface area contributed by atoms with E-state index in [0.717, 1.165) is 0 Å². The summed E-state index contributed by atoms with van der Waals surface area (Å²) >= 11 is 7.75. The topological polar surface area (TPSA) is 46.2 Å². The standard InChI is InChI=1S/C10H6ClFINO2/c11-8-7(9(15)14-10(8)16)5-2-1-4(12)3-6(5)13/h1-3,7-8H,(H,14,15,16). The summed E-state index contributed by atoms with van der Waals surface area (Å²) in [5.74, 6) is -2.06. The largest absolute Gasteiger partial charge is 0.295 e. The fourth-order valence-corrected chi connectivity index (χ4v) is 2.72. The maximum atomic E-state index is 12.9. The van der Waals surface area contributed by atoms with Crippen LogP contribution < -0.4 is 5.32 Å². The van der Waals surface area contributed by atoms with Gasteiger partial charge < -0.3 is 0 Å². The third-order valence-corrected chi connectivity index (χ3v) is 3.75. The van der Waals surface area contributed by atoms with Gasteiger partial charge in [-0.1, -0.05) is 6.07 Å². The van der Waals surface area contributed by atoms with Crippen LogP contribution in [-0.2, 0) is 9.59 Å². The SMILES string of the molecule is O=C1NC(=O)C(c2ccc(F)cc2I)C1Cl. The molecular formula is C10H6ClFINO2. The van der Waals surface area contributed by atoms with Crippen LogP contribution in [0, 0.1) is 9.39 Å². The van der Waals surface area contributed by atoms with E-state index in [9.17, 15) is 14.0 Å². The first-order chi connectivity index (χ1) is 7.50. The zero-order valence-electron chi connectivity index (χ0n) is 7.84. The Morgan fingerprint density at radius 3 is 2.50 bits per heavy atom. The second-order valence-electron chi connectivity index (χ2n) is 3.40. The molecule has 0 aliphatic carbocycles. The lowest BCUT2D eigenvalue weighted by molar-refractivity contribution is -0.125. The average Bonchev–Trinajstić information content (AvgIpc) is 2.43. The predicted octanol–water partition coefficient (Wildman–Crippen LogP) is 1.78. The van der Waals surface area contributed by atoms with Crippen LogP contribution in [0.25, 0.3) is 0 Å². The molecule has 1 fully saturated rings. The second kappa shape index (κ2) is 4.29. The van der Waals surface area contributed by atoms with E-state index in [1.165, 1.54) is 18.2 Å². The van der Waals surface area contributed by atoms with Crippen LogP contribution in [0.15, 0.2) is 18.2 Å². The maximum Gasteiger partial charge on any atom is 0.245 e. The van der Waals surface area contributed by atoms with E-state index in [0.29, 0.717) is 9.13 Å². The summed E-state index contributed by atoms with van der Waals surface area (Å²) in [6, 6.07) is 4.03. The molecule has 0 bridgehead atoms. The zero-order valence-corrected chi connectivity index (χ0v) is 10.8. The van der Waals surface area contributed by atoms with Crippen molar-refractivity contribution in [3.05, 3.63) is 33.1 Å². The maximum absolute atomic E-state index is 12.9. The summed E-state index contributed by atoms with van der Waals surface area (Å²) in [6.07, 6.45) is 0. The van der Waals surface area contributed by atoms with Crippen LogP contribution in [-0.4, -0.2) is 17.2 Å². The van der Waals surface area contributed by atoms with Gasteiger partial charge in [0.15, 0.2) is 0 Å². The summed E-state index contributed by atoms with van der Waals surface area (Å²) in [4.78, 5) is 22.7. The molecule has 1 N–H and O–H groups in total. The Hall–Kier alpha value is -0.690. The molecule has 2 unspecified atom stereocenters. The molecular weight excluding hydrogens is 347 g/mol. The molecule has 2 amide bonds. The monoisotopic (exact) mass is 353 g/mol. The van der Waals surface area contributed by atoms with E-state index >= 15 is 0 Å². The molecule has 1 aliphatic heterocycles. The lowest BCUT2D eigenvalue weighted by atomic mass is 9.97. The van der Waals surface area contributed by atoms with Gasteiger partial charge in [0.2, 0.25) is 11.8 Å². The van der Waals surface area contributed by atoms with Crippen molar-refractivity contribution in [2.45, 2.75) is 11.3 Å². The molecule has 1 aromatic rings. The van der Waals surface area contributed by atoms with Crippen molar-refractivity contribution in [1.29, 1.82) is 0 Å². The number of benzene rings is 1. The van der Waals surface area contributed by atoms with Gasteiger partial charge in [-0.25, -0.2) is 4.39 Å². The molecule has 1 aromatic carbocycles. The van der Waals surface area contributed by atoms with Crippen LogP contribution in [0.3, 0.4) is 0 Å². The minimum absolute atomic E-state index is 0.385. The number of carbonyl (C=O) groups excluding carboxylic acids is 2. The molecule has 3 nitrogen and oxygen atoms in total. The Kier molecular flexibility index (Phi) is 3.16. The number of amides is 2. The molecule has 6 heteroatoms. The molecule has 2 rings (SSSR count). The van der Waals surface area contributed by atoms with E-state index < -0.39 is 23.1 Å². The number of rotatable bonds is 1.